The van der Waals surface area contributed by atoms with Crippen LogP contribution >= 0.6 is 0 Å². The van der Waals surface area contributed by atoms with Crippen LogP contribution in [0.25, 0.3) is 0 Å². The second kappa shape index (κ2) is 12.5. The lowest BCUT2D eigenvalue weighted by atomic mass is 9.88. The predicted octanol–water partition coefficient (Wildman–Crippen LogP) is 4.79. The molecular weight excluding hydrogens is 398 g/mol. The smallest absolute Gasteiger partial charge is 0.220 e. The highest BCUT2D eigenvalue weighted by molar-refractivity contribution is 5.96. The Balaban J connectivity index is 2.01. The van der Waals surface area contributed by atoms with Crippen molar-refractivity contribution in [3.63, 3.8) is 0 Å². The summed E-state index contributed by atoms with van der Waals surface area (Å²) in [6.07, 6.45) is 6.40. The van der Waals surface area contributed by atoms with Crippen molar-refractivity contribution in [3.05, 3.63) is 65.0 Å². The Kier molecular flexibility index (Phi) is 10.0. The van der Waals surface area contributed by atoms with E-state index in [0.717, 1.165) is 29.5 Å². The third-order valence-electron chi connectivity index (χ3n) is 6.05. The summed E-state index contributed by atoms with van der Waals surface area (Å²) < 4.78 is 0. The molecule has 0 spiro atoms. The first-order valence-electron chi connectivity index (χ1n) is 11.7. The van der Waals surface area contributed by atoms with E-state index in [1.54, 1.807) is 6.20 Å². The van der Waals surface area contributed by atoms with E-state index < -0.39 is 0 Å². The fourth-order valence-corrected chi connectivity index (χ4v) is 4.05. The van der Waals surface area contributed by atoms with Crippen LogP contribution in [0, 0.1) is 12.8 Å². The molecule has 1 heterocycles. The van der Waals surface area contributed by atoms with Crippen LogP contribution in [0.15, 0.2) is 42.7 Å². The summed E-state index contributed by atoms with van der Waals surface area (Å²) >= 11 is 0. The van der Waals surface area contributed by atoms with Gasteiger partial charge in [-0.2, -0.15) is 0 Å². The SMILES string of the molecule is CCC(=O)c1ccc(C[C@@H](CNC(=O)C[C@H](CC(C)C)c2cccnc2)N(C)C)c(C)c1. The maximum atomic E-state index is 12.8. The number of nitrogens with one attached hydrogen (secondary N) is 1. The minimum Gasteiger partial charge on any atom is -0.355 e. The standard InChI is InChI=1S/C27H39N3O2/c1-7-26(31)22-11-10-21(20(4)14-22)15-25(30(5)6)18-29-27(32)16-24(13-19(2)3)23-9-8-12-28-17-23/h8-12,14,17,19,24-25H,7,13,15-16,18H2,1-6H3,(H,29,32)/t24-,25-/m0/s1. The number of amides is 1. The first-order valence-corrected chi connectivity index (χ1v) is 11.7. The van der Waals surface area contributed by atoms with Gasteiger partial charge in [-0.05, 0) is 74.5 Å². The van der Waals surface area contributed by atoms with E-state index in [9.17, 15) is 9.59 Å². The van der Waals surface area contributed by atoms with E-state index in [-0.39, 0.29) is 23.7 Å². The molecular formula is C27H39N3O2. The Morgan fingerprint density at radius 3 is 2.47 bits per heavy atom. The Morgan fingerprint density at radius 1 is 1.16 bits per heavy atom. The Bertz CT molecular complexity index is 878. The van der Waals surface area contributed by atoms with Gasteiger partial charge in [0.15, 0.2) is 5.78 Å². The predicted molar refractivity (Wildman–Crippen MR) is 131 cm³/mol. The van der Waals surface area contributed by atoms with Crippen LogP contribution in [0.1, 0.15) is 73.0 Å². The molecule has 0 aliphatic carbocycles. The van der Waals surface area contributed by atoms with Gasteiger partial charge in [0.2, 0.25) is 5.91 Å². The molecule has 0 aliphatic rings. The number of pyridine rings is 1. The topological polar surface area (TPSA) is 62.3 Å². The average Bonchev–Trinajstić information content (AvgIpc) is 2.76. The summed E-state index contributed by atoms with van der Waals surface area (Å²) in [6, 6.07) is 10.1. The number of benzene rings is 1. The van der Waals surface area contributed by atoms with Gasteiger partial charge in [0.1, 0.15) is 0 Å². The third kappa shape index (κ3) is 7.86. The molecule has 0 radical (unpaired) electrons. The lowest BCUT2D eigenvalue weighted by molar-refractivity contribution is -0.121. The molecule has 2 rings (SSSR count). The van der Waals surface area contributed by atoms with Crippen molar-refractivity contribution in [3.8, 4) is 0 Å². The summed E-state index contributed by atoms with van der Waals surface area (Å²) in [7, 11) is 4.08. The van der Waals surface area contributed by atoms with Gasteiger partial charge in [-0.15, -0.1) is 0 Å². The Morgan fingerprint density at radius 2 is 1.91 bits per heavy atom. The van der Waals surface area contributed by atoms with E-state index in [1.165, 1.54) is 5.56 Å². The van der Waals surface area contributed by atoms with Crippen molar-refractivity contribution in [2.75, 3.05) is 20.6 Å². The molecule has 1 aromatic carbocycles. The van der Waals surface area contributed by atoms with E-state index in [2.05, 4.69) is 48.1 Å². The van der Waals surface area contributed by atoms with Crippen molar-refractivity contribution in [2.45, 2.75) is 65.3 Å². The molecule has 2 aromatic rings. The first-order chi connectivity index (χ1) is 15.2. The van der Waals surface area contributed by atoms with Gasteiger partial charge in [0.25, 0.3) is 0 Å². The van der Waals surface area contributed by atoms with Gasteiger partial charge in [0.05, 0.1) is 0 Å². The molecule has 0 saturated heterocycles. The Labute approximate surface area is 193 Å². The summed E-state index contributed by atoms with van der Waals surface area (Å²) in [6.45, 7) is 8.90. The largest absolute Gasteiger partial charge is 0.355 e. The van der Waals surface area contributed by atoms with E-state index in [1.807, 2.05) is 45.4 Å². The molecule has 0 bridgehead atoms. The molecule has 5 heteroatoms. The van der Waals surface area contributed by atoms with Gasteiger partial charge >= 0.3 is 0 Å². The summed E-state index contributed by atoms with van der Waals surface area (Å²) in [4.78, 5) is 31.2. The van der Waals surface area contributed by atoms with Crippen LogP contribution in [0.4, 0.5) is 0 Å². The zero-order valence-corrected chi connectivity index (χ0v) is 20.5. The van der Waals surface area contributed by atoms with E-state index >= 15 is 0 Å². The molecule has 1 amide bonds. The lowest BCUT2D eigenvalue weighted by Gasteiger charge is -2.26. The number of hydrogen-bond donors (Lipinski definition) is 1. The highest BCUT2D eigenvalue weighted by Crippen LogP contribution is 2.26. The van der Waals surface area contributed by atoms with Gasteiger partial charge in [-0.1, -0.05) is 39.0 Å². The molecule has 0 saturated carbocycles. The number of rotatable bonds is 12. The molecule has 0 aliphatic heterocycles. The van der Waals surface area contributed by atoms with Crippen molar-refractivity contribution in [1.29, 1.82) is 0 Å². The van der Waals surface area contributed by atoms with Crippen LogP contribution < -0.4 is 5.32 Å². The molecule has 32 heavy (non-hydrogen) atoms. The van der Waals surface area contributed by atoms with Gasteiger partial charge in [-0.3, -0.25) is 14.6 Å². The summed E-state index contributed by atoms with van der Waals surface area (Å²) in [5.41, 5.74) is 4.22. The zero-order chi connectivity index (χ0) is 23.7. The second-order valence-electron chi connectivity index (χ2n) is 9.36. The number of ketones is 1. The van der Waals surface area contributed by atoms with Gasteiger partial charge < -0.3 is 10.2 Å². The van der Waals surface area contributed by atoms with E-state index in [4.69, 9.17) is 0 Å². The molecule has 1 aromatic heterocycles. The van der Waals surface area contributed by atoms with Crippen molar-refractivity contribution >= 4 is 11.7 Å². The van der Waals surface area contributed by atoms with Crippen molar-refractivity contribution in [2.24, 2.45) is 5.92 Å². The maximum absolute atomic E-state index is 12.8. The number of Topliss-reactive ketones (excluding diaryl/α,β-unsaturated/α-hetero) is 1. The third-order valence-corrected chi connectivity index (χ3v) is 6.05. The monoisotopic (exact) mass is 437 g/mol. The number of carbonyl (C=O) groups excluding carboxylic acids is 2. The molecule has 1 N–H and O–H groups in total. The number of likely N-dealkylation sites (N-methyl/N-ethyl adjacent to an activating group) is 1. The summed E-state index contributed by atoms with van der Waals surface area (Å²) in [5, 5.41) is 3.16. The number of hydrogen-bond acceptors (Lipinski definition) is 4. The fourth-order valence-electron chi connectivity index (χ4n) is 4.05. The second-order valence-corrected chi connectivity index (χ2v) is 9.36. The number of nitrogens with zero attached hydrogens (tertiary/aromatic N) is 2. The minimum absolute atomic E-state index is 0.0759. The van der Waals surface area contributed by atoms with Crippen LogP contribution in [-0.2, 0) is 11.2 Å². The van der Waals surface area contributed by atoms with Crippen LogP contribution in [-0.4, -0.2) is 48.3 Å². The molecule has 174 valence electrons. The Hall–Kier alpha value is -2.53. The number of aryl methyl sites for hydroxylation is 1. The van der Waals surface area contributed by atoms with Gasteiger partial charge in [-0.25, -0.2) is 0 Å². The molecule has 2 atom stereocenters. The van der Waals surface area contributed by atoms with E-state index in [0.29, 0.717) is 25.3 Å². The molecule has 5 nitrogen and oxygen atoms in total. The fraction of sp³-hybridized carbons (Fsp3) is 0.519. The average molecular weight is 438 g/mol. The van der Waals surface area contributed by atoms with Crippen LogP contribution in [0.3, 0.4) is 0 Å². The number of aromatic nitrogens is 1. The minimum atomic E-state index is 0.0759. The lowest BCUT2D eigenvalue weighted by Crippen LogP contribution is -2.42. The molecule has 0 unspecified atom stereocenters. The van der Waals surface area contributed by atoms with Crippen molar-refractivity contribution in [1.82, 2.24) is 15.2 Å². The summed E-state index contributed by atoms with van der Waals surface area (Å²) in [5.74, 6) is 0.924. The zero-order valence-electron chi connectivity index (χ0n) is 20.5. The highest BCUT2D eigenvalue weighted by Gasteiger charge is 2.20. The molecule has 0 fully saturated rings. The van der Waals surface area contributed by atoms with Crippen LogP contribution in [0.2, 0.25) is 0 Å². The normalized spacial score (nSPS) is 13.2. The quantitative estimate of drug-likeness (QED) is 0.485. The highest BCUT2D eigenvalue weighted by atomic mass is 16.1. The van der Waals surface area contributed by atoms with Crippen LogP contribution in [0.5, 0.6) is 0 Å². The van der Waals surface area contributed by atoms with Crippen molar-refractivity contribution < 1.29 is 9.59 Å². The van der Waals surface area contributed by atoms with Gasteiger partial charge in [0, 0.05) is 43.4 Å². The first kappa shape index (κ1) is 25.7. The number of carbonyl (C=O) groups is 2. The maximum Gasteiger partial charge on any atom is 0.220 e.